The van der Waals surface area contributed by atoms with Crippen LogP contribution < -0.4 is 11.3 Å². The van der Waals surface area contributed by atoms with E-state index in [-0.39, 0.29) is 11.9 Å². The van der Waals surface area contributed by atoms with Crippen LogP contribution in [0.2, 0.25) is 0 Å². The fraction of sp³-hybridized carbons (Fsp3) is 0.300. The zero-order chi connectivity index (χ0) is 10.6. The van der Waals surface area contributed by atoms with Gasteiger partial charge in [0.05, 0.1) is 17.9 Å². The molecule has 0 aliphatic carbocycles. The minimum Gasteiger partial charge on any atom is -0.271 e. The van der Waals surface area contributed by atoms with Crippen molar-refractivity contribution in [3.8, 4) is 0 Å². The first-order valence-electron chi connectivity index (χ1n) is 4.36. The Kier molecular flexibility index (Phi) is 3.73. The SMILES string of the molecule is CC(C)=CC(NN)c1ccc(F)cn1. The van der Waals surface area contributed by atoms with Gasteiger partial charge in [0.1, 0.15) is 5.82 Å². The van der Waals surface area contributed by atoms with E-state index in [4.69, 9.17) is 5.84 Å². The molecule has 0 amide bonds. The van der Waals surface area contributed by atoms with Gasteiger partial charge in [-0.1, -0.05) is 11.6 Å². The summed E-state index contributed by atoms with van der Waals surface area (Å²) in [6, 6.07) is 2.81. The van der Waals surface area contributed by atoms with Crippen LogP contribution in [0.4, 0.5) is 4.39 Å². The van der Waals surface area contributed by atoms with E-state index in [9.17, 15) is 4.39 Å². The van der Waals surface area contributed by atoms with E-state index >= 15 is 0 Å². The molecule has 1 aromatic rings. The van der Waals surface area contributed by atoms with E-state index in [1.165, 1.54) is 12.3 Å². The second-order valence-corrected chi connectivity index (χ2v) is 3.29. The zero-order valence-corrected chi connectivity index (χ0v) is 8.29. The van der Waals surface area contributed by atoms with Crippen molar-refractivity contribution in [1.82, 2.24) is 10.4 Å². The summed E-state index contributed by atoms with van der Waals surface area (Å²) in [7, 11) is 0. The first kappa shape index (κ1) is 10.8. The van der Waals surface area contributed by atoms with Gasteiger partial charge in [-0.3, -0.25) is 10.8 Å². The Morgan fingerprint density at radius 2 is 2.29 bits per heavy atom. The average Bonchev–Trinajstić information content (AvgIpc) is 2.15. The monoisotopic (exact) mass is 195 g/mol. The summed E-state index contributed by atoms with van der Waals surface area (Å²) >= 11 is 0. The molecule has 14 heavy (non-hydrogen) atoms. The first-order chi connectivity index (χ1) is 6.63. The number of hydrogen-bond donors (Lipinski definition) is 2. The van der Waals surface area contributed by atoms with E-state index < -0.39 is 0 Å². The van der Waals surface area contributed by atoms with Gasteiger partial charge in [-0.25, -0.2) is 9.82 Å². The Bertz CT molecular complexity index is 315. The van der Waals surface area contributed by atoms with Gasteiger partial charge in [0.2, 0.25) is 0 Å². The maximum atomic E-state index is 12.6. The number of hydrogen-bond acceptors (Lipinski definition) is 3. The molecule has 0 aromatic carbocycles. The summed E-state index contributed by atoms with van der Waals surface area (Å²) < 4.78 is 12.6. The largest absolute Gasteiger partial charge is 0.271 e. The Morgan fingerprint density at radius 3 is 2.71 bits per heavy atom. The highest BCUT2D eigenvalue weighted by molar-refractivity contribution is 5.16. The van der Waals surface area contributed by atoms with Gasteiger partial charge in [-0.15, -0.1) is 0 Å². The molecule has 1 atom stereocenters. The van der Waals surface area contributed by atoms with Gasteiger partial charge in [0, 0.05) is 0 Å². The molecule has 1 aromatic heterocycles. The number of allylic oxidation sites excluding steroid dienone is 1. The standard InChI is InChI=1S/C10H14FN3/c1-7(2)5-10(14-12)9-4-3-8(11)6-13-9/h3-6,10,14H,12H2,1-2H3. The highest BCUT2D eigenvalue weighted by atomic mass is 19.1. The topological polar surface area (TPSA) is 50.9 Å². The lowest BCUT2D eigenvalue weighted by Crippen LogP contribution is -2.27. The minimum absolute atomic E-state index is 0.166. The first-order valence-corrected chi connectivity index (χ1v) is 4.36. The lowest BCUT2D eigenvalue weighted by atomic mass is 10.1. The van der Waals surface area contributed by atoms with Crippen LogP contribution in [0.3, 0.4) is 0 Å². The number of rotatable bonds is 3. The highest BCUT2D eigenvalue weighted by Gasteiger charge is 2.07. The van der Waals surface area contributed by atoms with Crippen molar-refractivity contribution < 1.29 is 4.39 Å². The van der Waals surface area contributed by atoms with Crippen LogP contribution in [0.15, 0.2) is 30.0 Å². The van der Waals surface area contributed by atoms with Crippen molar-refractivity contribution in [3.05, 3.63) is 41.5 Å². The van der Waals surface area contributed by atoms with E-state index in [1.807, 2.05) is 19.9 Å². The third-order valence-corrected chi connectivity index (χ3v) is 1.75. The van der Waals surface area contributed by atoms with E-state index in [2.05, 4.69) is 10.4 Å². The molecule has 0 spiro atoms. The van der Waals surface area contributed by atoms with Crippen molar-refractivity contribution in [2.24, 2.45) is 5.84 Å². The molecular weight excluding hydrogens is 181 g/mol. The normalized spacial score (nSPS) is 12.3. The summed E-state index contributed by atoms with van der Waals surface area (Å²) in [5.41, 5.74) is 4.44. The number of pyridine rings is 1. The summed E-state index contributed by atoms with van der Waals surface area (Å²) in [5.74, 6) is 5.02. The number of hydrazine groups is 1. The predicted molar refractivity (Wildman–Crippen MR) is 53.7 cm³/mol. The van der Waals surface area contributed by atoms with Gasteiger partial charge in [0.15, 0.2) is 0 Å². The van der Waals surface area contributed by atoms with Crippen LogP contribution in [-0.2, 0) is 0 Å². The molecule has 1 heterocycles. The van der Waals surface area contributed by atoms with Crippen molar-refractivity contribution in [2.45, 2.75) is 19.9 Å². The molecule has 3 nitrogen and oxygen atoms in total. The van der Waals surface area contributed by atoms with Gasteiger partial charge in [-0.05, 0) is 26.0 Å². The lowest BCUT2D eigenvalue weighted by molar-refractivity contribution is 0.602. The molecule has 3 N–H and O–H groups in total. The third-order valence-electron chi connectivity index (χ3n) is 1.75. The predicted octanol–water partition coefficient (Wildman–Crippen LogP) is 1.69. The van der Waals surface area contributed by atoms with Crippen LogP contribution in [0, 0.1) is 5.82 Å². The summed E-state index contributed by atoms with van der Waals surface area (Å²) in [6.07, 6.45) is 3.11. The number of halogens is 1. The van der Waals surface area contributed by atoms with Crippen LogP contribution in [0.1, 0.15) is 25.6 Å². The van der Waals surface area contributed by atoms with Crippen molar-refractivity contribution >= 4 is 0 Å². The summed E-state index contributed by atoms with van der Waals surface area (Å²) in [4.78, 5) is 3.94. The van der Waals surface area contributed by atoms with Crippen LogP contribution in [-0.4, -0.2) is 4.98 Å². The number of nitrogens with one attached hydrogen (secondary N) is 1. The number of nitrogens with two attached hydrogens (primary N) is 1. The Hall–Kier alpha value is -1.26. The quantitative estimate of drug-likeness (QED) is 0.438. The zero-order valence-electron chi connectivity index (χ0n) is 8.29. The smallest absolute Gasteiger partial charge is 0.141 e. The van der Waals surface area contributed by atoms with Gasteiger partial charge in [-0.2, -0.15) is 0 Å². The Labute approximate surface area is 82.8 Å². The molecule has 0 aliphatic heterocycles. The minimum atomic E-state index is -0.346. The molecule has 1 rings (SSSR count). The van der Waals surface area contributed by atoms with Gasteiger partial charge < -0.3 is 0 Å². The summed E-state index contributed by atoms with van der Waals surface area (Å²) in [5, 5.41) is 0. The molecule has 0 saturated heterocycles. The fourth-order valence-electron chi connectivity index (χ4n) is 1.12. The molecule has 0 saturated carbocycles. The maximum absolute atomic E-state index is 12.6. The van der Waals surface area contributed by atoms with Crippen LogP contribution in [0.25, 0.3) is 0 Å². The molecule has 0 bridgehead atoms. The molecule has 0 radical (unpaired) electrons. The van der Waals surface area contributed by atoms with E-state index in [1.54, 1.807) is 6.07 Å². The van der Waals surface area contributed by atoms with Crippen molar-refractivity contribution in [1.29, 1.82) is 0 Å². The maximum Gasteiger partial charge on any atom is 0.141 e. The summed E-state index contributed by atoms with van der Waals surface area (Å²) in [6.45, 7) is 3.93. The Balaban J connectivity index is 2.90. The lowest BCUT2D eigenvalue weighted by Gasteiger charge is -2.11. The van der Waals surface area contributed by atoms with Gasteiger partial charge in [0.25, 0.3) is 0 Å². The molecule has 0 fully saturated rings. The molecule has 76 valence electrons. The fourth-order valence-corrected chi connectivity index (χ4v) is 1.12. The third kappa shape index (κ3) is 2.90. The van der Waals surface area contributed by atoms with E-state index in [0.29, 0.717) is 5.69 Å². The highest BCUT2D eigenvalue weighted by Crippen LogP contribution is 2.12. The number of aromatic nitrogens is 1. The van der Waals surface area contributed by atoms with Gasteiger partial charge >= 0.3 is 0 Å². The van der Waals surface area contributed by atoms with Crippen molar-refractivity contribution in [2.75, 3.05) is 0 Å². The average molecular weight is 195 g/mol. The number of nitrogens with zero attached hydrogens (tertiary/aromatic N) is 1. The van der Waals surface area contributed by atoms with Crippen LogP contribution >= 0.6 is 0 Å². The molecule has 1 unspecified atom stereocenters. The molecule has 0 aliphatic rings. The van der Waals surface area contributed by atoms with E-state index in [0.717, 1.165) is 5.57 Å². The Morgan fingerprint density at radius 1 is 1.57 bits per heavy atom. The van der Waals surface area contributed by atoms with Crippen molar-refractivity contribution in [3.63, 3.8) is 0 Å². The van der Waals surface area contributed by atoms with Crippen LogP contribution in [0.5, 0.6) is 0 Å². The molecule has 4 heteroatoms. The second kappa shape index (κ2) is 4.83. The molecular formula is C10H14FN3. The second-order valence-electron chi connectivity index (χ2n) is 3.29.